The molecule has 3 N–H and O–H groups in total. The first-order chi connectivity index (χ1) is 11.5. The van der Waals surface area contributed by atoms with Crippen LogP contribution in [0.1, 0.15) is 32.1 Å². The summed E-state index contributed by atoms with van der Waals surface area (Å²) in [5.74, 6) is -1.35. The number of rotatable bonds is 4. The first-order valence-corrected chi connectivity index (χ1v) is 8.99. The molecule has 1 aromatic rings. The molecule has 1 aromatic carbocycles. The molecule has 0 bridgehead atoms. The van der Waals surface area contributed by atoms with Gasteiger partial charge in [-0.1, -0.05) is 12.1 Å². The molecule has 0 aromatic heterocycles. The summed E-state index contributed by atoms with van der Waals surface area (Å²) < 4.78 is 0. The van der Waals surface area contributed by atoms with Crippen molar-refractivity contribution in [2.45, 2.75) is 48.3 Å². The van der Waals surface area contributed by atoms with E-state index in [1.807, 2.05) is 24.3 Å². The Morgan fingerprint density at radius 2 is 1.92 bits per heavy atom. The monoisotopic (exact) mass is 348 g/mol. The zero-order chi connectivity index (χ0) is 17.1. The molecule has 7 heteroatoms. The van der Waals surface area contributed by atoms with Crippen LogP contribution >= 0.6 is 11.8 Å². The van der Waals surface area contributed by atoms with Crippen molar-refractivity contribution in [3.05, 3.63) is 24.3 Å². The van der Waals surface area contributed by atoms with E-state index in [0.717, 1.165) is 10.6 Å². The SMILES string of the molecule is O=C(CC1Sc2ccccc2NC1=O)NC1CCC(C(=O)O)CC1. The molecule has 6 nitrogen and oxygen atoms in total. The Labute approximate surface area is 144 Å². The summed E-state index contributed by atoms with van der Waals surface area (Å²) in [6.07, 6.45) is 2.66. The van der Waals surface area contributed by atoms with Crippen LogP contribution in [0.2, 0.25) is 0 Å². The van der Waals surface area contributed by atoms with Crippen molar-refractivity contribution < 1.29 is 19.5 Å². The standard InChI is InChI=1S/C17H20N2O4S/c20-15(18-11-7-5-10(6-8-11)17(22)23)9-14-16(21)19-12-3-1-2-4-13(12)24-14/h1-4,10-11,14H,5-9H2,(H,18,20)(H,19,21)(H,22,23). The molecule has 1 aliphatic heterocycles. The number of carbonyl (C=O) groups excluding carboxylic acids is 2. The second-order valence-corrected chi connectivity index (χ2v) is 7.49. The highest BCUT2D eigenvalue weighted by atomic mass is 32.2. The van der Waals surface area contributed by atoms with E-state index in [0.29, 0.717) is 25.7 Å². The van der Waals surface area contributed by atoms with E-state index in [1.165, 1.54) is 11.8 Å². The lowest BCUT2D eigenvalue weighted by atomic mass is 9.86. The highest BCUT2D eigenvalue weighted by Gasteiger charge is 2.31. The van der Waals surface area contributed by atoms with Crippen LogP contribution in [0.4, 0.5) is 5.69 Å². The quantitative estimate of drug-likeness (QED) is 0.776. The molecular formula is C17H20N2O4S. The molecular weight excluding hydrogens is 328 g/mol. The number of thioether (sulfide) groups is 1. The van der Waals surface area contributed by atoms with Crippen LogP contribution in [-0.4, -0.2) is 34.2 Å². The molecule has 1 atom stereocenters. The summed E-state index contributed by atoms with van der Waals surface area (Å²) in [7, 11) is 0. The van der Waals surface area contributed by atoms with Gasteiger partial charge in [-0.25, -0.2) is 0 Å². The molecule has 1 aliphatic carbocycles. The molecule has 0 saturated heterocycles. The van der Waals surface area contributed by atoms with Gasteiger partial charge in [-0.3, -0.25) is 14.4 Å². The first-order valence-electron chi connectivity index (χ1n) is 8.11. The average molecular weight is 348 g/mol. The van der Waals surface area contributed by atoms with Crippen molar-refractivity contribution >= 4 is 35.2 Å². The van der Waals surface area contributed by atoms with Gasteiger partial charge in [0.1, 0.15) is 0 Å². The van der Waals surface area contributed by atoms with Gasteiger partial charge in [0.15, 0.2) is 0 Å². The second kappa shape index (κ2) is 7.25. The molecule has 2 amide bonds. The first kappa shape index (κ1) is 16.8. The second-order valence-electron chi connectivity index (χ2n) is 6.25. The number of amides is 2. The molecule has 0 spiro atoms. The molecule has 128 valence electrons. The van der Waals surface area contributed by atoms with Crippen LogP contribution in [-0.2, 0) is 14.4 Å². The van der Waals surface area contributed by atoms with Crippen molar-refractivity contribution in [3.8, 4) is 0 Å². The lowest BCUT2D eigenvalue weighted by Crippen LogP contribution is -2.41. The summed E-state index contributed by atoms with van der Waals surface area (Å²) >= 11 is 1.41. The minimum absolute atomic E-state index is 0.0111. The number of hydrogen-bond acceptors (Lipinski definition) is 4. The van der Waals surface area contributed by atoms with Gasteiger partial charge >= 0.3 is 5.97 Å². The maximum absolute atomic E-state index is 12.2. The zero-order valence-corrected chi connectivity index (χ0v) is 14.0. The van der Waals surface area contributed by atoms with Crippen LogP contribution in [0.5, 0.6) is 0 Å². The average Bonchev–Trinajstić information content (AvgIpc) is 2.56. The lowest BCUT2D eigenvalue weighted by Gasteiger charge is -2.28. The molecule has 24 heavy (non-hydrogen) atoms. The number of carboxylic acid groups (broad SMARTS) is 1. The van der Waals surface area contributed by atoms with E-state index in [1.54, 1.807) is 0 Å². The Morgan fingerprint density at radius 1 is 1.21 bits per heavy atom. The van der Waals surface area contributed by atoms with Gasteiger partial charge in [-0.15, -0.1) is 11.8 Å². The highest BCUT2D eigenvalue weighted by molar-refractivity contribution is 8.01. The van der Waals surface area contributed by atoms with Gasteiger partial charge in [0.05, 0.1) is 16.9 Å². The molecule has 1 fully saturated rings. The Kier molecular flexibility index (Phi) is 5.08. The van der Waals surface area contributed by atoms with Crippen LogP contribution in [0, 0.1) is 5.92 Å². The fourth-order valence-electron chi connectivity index (χ4n) is 3.17. The molecule has 1 saturated carbocycles. The Bertz CT molecular complexity index is 656. The van der Waals surface area contributed by atoms with Crippen molar-refractivity contribution in [1.29, 1.82) is 0 Å². The molecule has 2 aliphatic rings. The fraction of sp³-hybridized carbons (Fsp3) is 0.471. The largest absolute Gasteiger partial charge is 0.481 e. The zero-order valence-electron chi connectivity index (χ0n) is 13.2. The van der Waals surface area contributed by atoms with E-state index in [9.17, 15) is 14.4 Å². The number of aliphatic carboxylic acids is 1. The number of carbonyl (C=O) groups is 3. The number of para-hydroxylation sites is 1. The van der Waals surface area contributed by atoms with Crippen LogP contribution in [0.15, 0.2) is 29.2 Å². The number of benzene rings is 1. The predicted octanol–water partition coefficient (Wildman–Crippen LogP) is 2.25. The number of anilines is 1. The number of carboxylic acids is 1. The summed E-state index contributed by atoms with van der Waals surface area (Å²) in [6, 6.07) is 7.55. The van der Waals surface area contributed by atoms with Gasteiger partial charge in [-0.05, 0) is 37.8 Å². The normalized spacial score (nSPS) is 26.2. The van der Waals surface area contributed by atoms with E-state index >= 15 is 0 Å². The van der Waals surface area contributed by atoms with Gasteiger partial charge in [-0.2, -0.15) is 0 Å². The van der Waals surface area contributed by atoms with Gasteiger partial charge in [0.2, 0.25) is 11.8 Å². The Balaban J connectivity index is 1.51. The summed E-state index contributed by atoms with van der Waals surface area (Å²) in [6.45, 7) is 0. The van der Waals surface area contributed by atoms with E-state index in [4.69, 9.17) is 5.11 Å². The third-order valence-electron chi connectivity index (χ3n) is 4.52. The minimum Gasteiger partial charge on any atom is -0.481 e. The summed E-state index contributed by atoms with van der Waals surface area (Å²) in [5, 5.41) is 14.3. The number of hydrogen-bond donors (Lipinski definition) is 3. The van der Waals surface area contributed by atoms with Crippen LogP contribution < -0.4 is 10.6 Å². The lowest BCUT2D eigenvalue weighted by molar-refractivity contribution is -0.142. The summed E-state index contributed by atoms with van der Waals surface area (Å²) in [5.41, 5.74) is 0.788. The molecule has 0 radical (unpaired) electrons. The maximum atomic E-state index is 12.2. The maximum Gasteiger partial charge on any atom is 0.306 e. The van der Waals surface area contributed by atoms with Gasteiger partial charge in [0, 0.05) is 17.4 Å². The van der Waals surface area contributed by atoms with Crippen LogP contribution in [0.25, 0.3) is 0 Å². The van der Waals surface area contributed by atoms with Crippen molar-refractivity contribution in [2.24, 2.45) is 5.92 Å². The topological polar surface area (TPSA) is 95.5 Å². The Hall–Kier alpha value is -2.02. The molecule has 3 rings (SSSR count). The smallest absolute Gasteiger partial charge is 0.306 e. The molecule has 1 unspecified atom stereocenters. The third kappa shape index (κ3) is 3.90. The minimum atomic E-state index is -0.756. The highest BCUT2D eigenvalue weighted by Crippen LogP contribution is 2.36. The van der Waals surface area contributed by atoms with Crippen LogP contribution in [0.3, 0.4) is 0 Å². The number of nitrogens with one attached hydrogen (secondary N) is 2. The van der Waals surface area contributed by atoms with Crippen molar-refractivity contribution in [1.82, 2.24) is 5.32 Å². The van der Waals surface area contributed by atoms with E-state index < -0.39 is 11.2 Å². The predicted molar refractivity (Wildman–Crippen MR) is 90.9 cm³/mol. The Morgan fingerprint density at radius 3 is 2.62 bits per heavy atom. The number of fused-ring (bicyclic) bond motifs is 1. The van der Waals surface area contributed by atoms with Crippen molar-refractivity contribution in [2.75, 3.05) is 5.32 Å². The van der Waals surface area contributed by atoms with E-state index in [2.05, 4.69) is 10.6 Å². The summed E-state index contributed by atoms with van der Waals surface area (Å²) in [4.78, 5) is 36.3. The van der Waals surface area contributed by atoms with Crippen molar-refractivity contribution in [3.63, 3.8) is 0 Å². The van der Waals surface area contributed by atoms with Gasteiger partial charge < -0.3 is 15.7 Å². The van der Waals surface area contributed by atoms with Gasteiger partial charge in [0.25, 0.3) is 0 Å². The fourth-order valence-corrected chi connectivity index (χ4v) is 4.28. The molecule has 1 heterocycles. The third-order valence-corrected chi connectivity index (χ3v) is 5.79. The van der Waals surface area contributed by atoms with E-state index in [-0.39, 0.29) is 30.2 Å².